The van der Waals surface area contributed by atoms with E-state index >= 15 is 0 Å². The van der Waals surface area contributed by atoms with E-state index in [9.17, 15) is 15.0 Å². The molecule has 0 atom stereocenters. The first kappa shape index (κ1) is 15.3. The normalized spacial score (nSPS) is 11.1. The number of aromatic carboxylic acids is 1. The van der Waals surface area contributed by atoms with E-state index in [0.717, 1.165) is 22.4 Å². The number of carboxylic acids is 1. The summed E-state index contributed by atoms with van der Waals surface area (Å²) in [7, 11) is 0. The number of hydrogen-bond donors (Lipinski definition) is 2. The second-order valence-corrected chi connectivity index (χ2v) is 6.56. The van der Waals surface area contributed by atoms with Crippen LogP contribution in [-0.2, 0) is 0 Å². The summed E-state index contributed by atoms with van der Waals surface area (Å²) in [6.07, 6.45) is 1.59. The Hall–Kier alpha value is -3.19. The first-order chi connectivity index (χ1) is 12.0. The minimum Gasteiger partial charge on any atom is -0.508 e. The number of aryl methyl sites for hydroxylation is 1. The summed E-state index contributed by atoms with van der Waals surface area (Å²) < 4.78 is 1.74. The van der Waals surface area contributed by atoms with Gasteiger partial charge in [-0.15, -0.1) is 0 Å². The molecule has 0 aliphatic heterocycles. The van der Waals surface area contributed by atoms with Gasteiger partial charge in [-0.2, -0.15) is 0 Å². The fraction of sp³-hybridized carbons (Fsp3) is 0.0556. The molecule has 0 aliphatic rings. The maximum Gasteiger partial charge on any atom is 0.348 e. The van der Waals surface area contributed by atoms with Crippen LogP contribution < -0.4 is 0 Å². The molecule has 124 valence electrons. The van der Waals surface area contributed by atoms with Crippen molar-refractivity contribution >= 4 is 28.3 Å². The van der Waals surface area contributed by atoms with Gasteiger partial charge in [0.2, 0.25) is 0 Å². The molecule has 0 bridgehead atoms. The number of hydrogen-bond acceptors (Lipinski definition) is 5. The van der Waals surface area contributed by atoms with Gasteiger partial charge in [0.1, 0.15) is 17.0 Å². The standard InChI is InChI=1S/C18H13N3O3S/c1-10-7-13-12(8-14(10)22)19-9-21(13)18-20-15(16(25-18)17(23)24)11-5-3-2-4-6-11/h2-9,22H,1H3,(H,23,24). The van der Waals surface area contributed by atoms with Gasteiger partial charge in [-0.1, -0.05) is 41.7 Å². The third-order valence-electron chi connectivity index (χ3n) is 3.93. The Morgan fingerprint density at radius 2 is 1.96 bits per heavy atom. The van der Waals surface area contributed by atoms with Crippen LogP contribution in [0.5, 0.6) is 5.75 Å². The Morgan fingerprint density at radius 1 is 1.20 bits per heavy atom. The van der Waals surface area contributed by atoms with Crippen molar-refractivity contribution in [3.05, 3.63) is 59.2 Å². The van der Waals surface area contributed by atoms with Crippen molar-refractivity contribution < 1.29 is 15.0 Å². The third kappa shape index (κ3) is 2.54. The van der Waals surface area contributed by atoms with E-state index in [1.165, 1.54) is 0 Å². The van der Waals surface area contributed by atoms with Crippen molar-refractivity contribution in [1.82, 2.24) is 14.5 Å². The zero-order valence-electron chi connectivity index (χ0n) is 13.2. The van der Waals surface area contributed by atoms with Crippen LogP contribution in [0.3, 0.4) is 0 Å². The molecule has 6 nitrogen and oxygen atoms in total. The van der Waals surface area contributed by atoms with E-state index in [0.29, 0.717) is 21.9 Å². The first-order valence-corrected chi connectivity index (χ1v) is 8.33. The van der Waals surface area contributed by atoms with Crippen LogP contribution in [-0.4, -0.2) is 30.7 Å². The monoisotopic (exact) mass is 351 g/mol. The molecule has 2 aromatic heterocycles. The molecule has 0 fully saturated rings. The van der Waals surface area contributed by atoms with E-state index in [4.69, 9.17) is 0 Å². The van der Waals surface area contributed by atoms with Gasteiger partial charge in [0, 0.05) is 11.6 Å². The predicted octanol–water partition coefficient (Wildman–Crippen LogP) is 3.86. The summed E-state index contributed by atoms with van der Waals surface area (Å²) in [6.45, 7) is 1.80. The lowest BCUT2D eigenvalue weighted by molar-refractivity contribution is 0.0702. The van der Waals surface area contributed by atoms with Crippen molar-refractivity contribution in [2.24, 2.45) is 0 Å². The molecule has 0 aliphatic carbocycles. The van der Waals surface area contributed by atoms with Crippen LogP contribution in [0, 0.1) is 6.92 Å². The molecule has 0 radical (unpaired) electrons. The fourth-order valence-corrected chi connectivity index (χ4v) is 3.56. The number of rotatable bonds is 3. The number of phenolic OH excluding ortho intramolecular Hbond substituents is 1. The number of imidazole rings is 1. The van der Waals surface area contributed by atoms with E-state index in [-0.39, 0.29) is 10.6 Å². The predicted molar refractivity (Wildman–Crippen MR) is 95.5 cm³/mol. The summed E-state index contributed by atoms with van der Waals surface area (Å²) in [4.78, 5) is 20.7. The molecular formula is C18H13N3O3S. The minimum atomic E-state index is -1.01. The van der Waals surface area contributed by atoms with Crippen molar-refractivity contribution in [3.8, 4) is 22.1 Å². The summed E-state index contributed by atoms with van der Waals surface area (Å²) in [5, 5.41) is 19.9. The van der Waals surface area contributed by atoms with Crippen LogP contribution >= 0.6 is 11.3 Å². The van der Waals surface area contributed by atoms with E-state index in [1.807, 2.05) is 36.4 Å². The molecule has 2 heterocycles. The lowest BCUT2D eigenvalue weighted by Crippen LogP contribution is -1.95. The third-order valence-corrected chi connectivity index (χ3v) is 4.97. The number of carbonyl (C=O) groups is 1. The number of nitrogens with zero attached hydrogens (tertiary/aromatic N) is 3. The largest absolute Gasteiger partial charge is 0.508 e. The van der Waals surface area contributed by atoms with Gasteiger partial charge in [0.15, 0.2) is 5.13 Å². The molecule has 0 unspecified atom stereocenters. The van der Waals surface area contributed by atoms with E-state index < -0.39 is 5.97 Å². The number of carboxylic acid groups (broad SMARTS) is 1. The molecule has 4 aromatic rings. The number of aromatic nitrogens is 3. The van der Waals surface area contributed by atoms with Gasteiger partial charge >= 0.3 is 5.97 Å². The Bertz CT molecular complexity index is 1100. The molecule has 25 heavy (non-hydrogen) atoms. The van der Waals surface area contributed by atoms with Gasteiger partial charge in [0.25, 0.3) is 0 Å². The number of thiazole rings is 1. The maximum atomic E-state index is 11.7. The second-order valence-electron chi connectivity index (χ2n) is 5.59. The Morgan fingerprint density at radius 3 is 2.68 bits per heavy atom. The molecule has 7 heteroatoms. The Kier molecular flexibility index (Phi) is 3.51. The van der Waals surface area contributed by atoms with Crippen molar-refractivity contribution in [1.29, 1.82) is 0 Å². The molecule has 2 N–H and O–H groups in total. The van der Waals surface area contributed by atoms with Crippen LogP contribution in [0.15, 0.2) is 48.8 Å². The minimum absolute atomic E-state index is 0.174. The first-order valence-electron chi connectivity index (χ1n) is 7.51. The molecule has 0 saturated heterocycles. The van der Waals surface area contributed by atoms with Gasteiger partial charge in [-0.05, 0) is 18.6 Å². The van der Waals surface area contributed by atoms with Crippen LogP contribution in [0.2, 0.25) is 0 Å². The van der Waals surface area contributed by atoms with Crippen molar-refractivity contribution in [3.63, 3.8) is 0 Å². The molecule has 0 amide bonds. The SMILES string of the molecule is Cc1cc2c(cc1O)ncn2-c1nc(-c2ccccc2)c(C(=O)O)s1. The average molecular weight is 351 g/mol. The number of benzene rings is 2. The summed E-state index contributed by atoms with van der Waals surface area (Å²) in [5.41, 5.74) is 3.29. The molecular weight excluding hydrogens is 338 g/mol. The van der Waals surface area contributed by atoms with Gasteiger partial charge in [-0.25, -0.2) is 14.8 Å². The Labute approximate surface area is 146 Å². The zero-order chi connectivity index (χ0) is 17.6. The summed E-state index contributed by atoms with van der Waals surface area (Å²) in [5.74, 6) is -0.839. The molecule has 4 rings (SSSR count). The fourth-order valence-electron chi connectivity index (χ4n) is 2.65. The molecule has 2 aromatic carbocycles. The average Bonchev–Trinajstić information content (AvgIpc) is 3.20. The highest BCUT2D eigenvalue weighted by atomic mass is 32.1. The quantitative estimate of drug-likeness (QED) is 0.585. The molecule has 0 spiro atoms. The van der Waals surface area contributed by atoms with E-state index in [2.05, 4.69) is 9.97 Å². The van der Waals surface area contributed by atoms with Gasteiger partial charge in [0.05, 0.1) is 16.7 Å². The highest BCUT2D eigenvalue weighted by molar-refractivity contribution is 7.16. The van der Waals surface area contributed by atoms with Gasteiger partial charge < -0.3 is 10.2 Å². The number of phenols is 1. The zero-order valence-corrected chi connectivity index (χ0v) is 14.0. The van der Waals surface area contributed by atoms with Crippen molar-refractivity contribution in [2.45, 2.75) is 6.92 Å². The second kappa shape index (κ2) is 5.71. The highest BCUT2D eigenvalue weighted by Crippen LogP contribution is 2.32. The maximum absolute atomic E-state index is 11.7. The Balaban J connectivity index is 1.93. The number of aromatic hydroxyl groups is 1. The lowest BCUT2D eigenvalue weighted by Gasteiger charge is -2.02. The van der Waals surface area contributed by atoms with Crippen LogP contribution in [0.1, 0.15) is 15.2 Å². The highest BCUT2D eigenvalue weighted by Gasteiger charge is 2.20. The van der Waals surface area contributed by atoms with Gasteiger partial charge in [-0.3, -0.25) is 4.57 Å². The molecule has 0 saturated carbocycles. The number of fused-ring (bicyclic) bond motifs is 1. The summed E-state index contributed by atoms with van der Waals surface area (Å²) >= 11 is 1.09. The summed E-state index contributed by atoms with van der Waals surface area (Å²) in [6, 6.07) is 12.6. The topological polar surface area (TPSA) is 88.2 Å². The van der Waals surface area contributed by atoms with E-state index in [1.54, 1.807) is 23.9 Å². The van der Waals surface area contributed by atoms with Crippen molar-refractivity contribution in [2.75, 3.05) is 0 Å². The van der Waals surface area contributed by atoms with Crippen LogP contribution in [0.4, 0.5) is 0 Å². The van der Waals surface area contributed by atoms with Crippen LogP contribution in [0.25, 0.3) is 27.4 Å². The smallest absolute Gasteiger partial charge is 0.348 e. The lowest BCUT2D eigenvalue weighted by atomic mass is 10.1.